The van der Waals surface area contributed by atoms with Crippen LogP contribution in [0.25, 0.3) is 0 Å². The van der Waals surface area contributed by atoms with Crippen molar-refractivity contribution in [3.8, 4) is 5.75 Å². The highest BCUT2D eigenvalue weighted by atomic mass is 79.9. The Morgan fingerprint density at radius 1 is 1.19 bits per heavy atom. The van der Waals surface area contributed by atoms with Gasteiger partial charge in [0.25, 0.3) is 0 Å². The summed E-state index contributed by atoms with van der Waals surface area (Å²) in [5.41, 5.74) is 2.15. The van der Waals surface area contributed by atoms with Crippen LogP contribution < -0.4 is 10.2 Å². The van der Waals surface area contributed by atoms with E-state index in [1.807, 2.05) is 55.5 Å². The summed E-state index contributed by atoms with van der Waals surface area (Å²) < 4.78 is 18.4. The van der Waals surface area contributed by atoms with Gasteiger partial charge in [-0.1, -0.05) is 46.3 Å². The van der Waals surface area contributed by atoms with Crippen LogP contribution in [0.3, 0.4) is 0 Å². The molecule has 3 rings (SSSR count). The van der Waals surface area contributed by atoms with Crippen molar-refractivity contribution in [1.29, 1.82) is 0 Å². The molecule has 0 bridgehead atoms. The first kappa shape index (κ1) is 14.6. The average molecular weight is 347 g/mol. The first-order chi connectivity index (χ1) is 10.2. The molecule has 0 aromatic heterocycles. The number of hydrogen-bond acceptors (Lipinski definition) is 3. The number of benzene rings is 2. The van der Waals surface area contributed by atoms with E-state index >= 15 is 0 Å². The van der Waals surface area contributed by atoms with Crippen LogP contribution in [-0.2, 0) is 9.31 Å². The van der Waals surface area contributed by atoms with Crippen LogP contribution in [0.4, 0.5) is 0 Å². The molecule has 2 aromatic rings. The minimum absolute atomic E-state index is 0.0433. The summed E-state index contributed by atoms with van der Waals surface area (Å²) in [5, 5.41) is 0. The zero-order valence-electron chi connectivity index (χ0n) is 11.8. The van der Waals surface area contributed by atoms with Crippen molar-refractivity contribution in [3.63, 3.8) is 0 Å². The molecule has 0 N–H and O–H groups in total. The highest BCUT2D eigenvalue weighted by Gasteiger charge is 2.33. The van der Waals surface area contributed by atoms with Gasteiger partial charge in [-0.25, -0.2) is 0 Å². The molecule has 0 amide bonds. The molecule has 1 heterocycles. The molecule has 5 heteroatoms. The summed E-state index contributed by atoms with van der Waals surface area (Å²) in [4.78, 5) is 0. The minimum atomic E-state index is -0.302. The van der Waals surface area contributed by atoms with Gasteiger partial charge < -0.3 is 14.0 Å². The minimum Gasteiger partial charge on any atom is -0.491 e. The lowest BCUT2D eigenvalue weighted by Gasteiger charge is -2.13. The second-order valence-electron chi connectivity index (χ2n) is 5.05. The van der Waals surface area contributed by atoms with Gasteiger partial charge in [0.05, 0.1) is 12.7 Å². The second kappa shape index (κ2) is 6.64. The SMILES string of the molecule is Cc1ccccc1OCC1COB(c2ccc(Br)cc2)O1. The lowest BCUT2D eigenvalue weighted by atomic mass is 9.79. The predicted molar refractivity (Wildman–Crippen MR) is 87.0 cm³/mol. The summed E-state index contributed by atoms with van der Waals surface area (Å²) in [6, 6.07) is 15.9. The Hall–Kier alpha value is -1.30. The van der Waals surface area contributed by atoms with Crippen LogP contribution in [0.5, 0.6) is 5.75 Å². The highest BCUT2D eigenvalue weighted by molar-refractivity contribution is 9.10. The molecule has 1 saturated heterocycles. The second-order valence-corrected chi connectivity index (χ2v) is 5.97. The van der Waals surface area contributed by atoms with E-state index in [1.165, 1.54) is 0 Å². The maximum atomic E-state index is 5.89. The molecule has 0 saturated carbocycles. The molecule has 1 aliphatic heterocycles. The van der Waals surface area contributed by atoms with Crippen molar-refractivity contribution >= 4 is 28.5 Å². The number of halogens is 1. The van der Waals surface area contributed by atoms with Crippen LogP contribution >= 0.6 is 15.9 Å². The maximum Gasteiger partial charge on any atom is 0.494 e. The Bertz CT molecular complexity index is 603. The van der Waals surface area contributed by atoms with Crippen LogP contribution in [0.1, 0.15) is 5.56 Å². The molecule has 21 heavy (non-hydrogen) atoms. The van der Waals surface area contributed by atoms with E-state index < -0.39 is 0 Å². The Labute approximate surface area is 133 Å². The first-order valence-corrected chi connectivity index (χ1v) is 7.72. The Kier molecular flexibility index (Phi) is 4.63. The third-order valence-electron chi connectivity index (χ3n) is 3.41. The normalized spacial score (nSPS) is 18.0. The molecular weight excluding hydrogens is 331 g/mol. The molecule has 1 aliphatic rings. The molecule has 0 spiro atoms. The Morgan fingerprint density at radius 3 is 2.71 bits per heavy atom. The quantitative estimate of drug-likeness (QED) is 0.796. The van der Waals surface area contributed by atoms with Crippen molar-refractivity contribution < 1.29 is 14.0 Å². The maximum absolute atomic E-state index is 5.89. The van der Waals surface area contributed by atoms with Gasteiger partial charge in [-0.3, -0.25) is 0 Å². The summed E-state index contributed by atoms with van der Waals surface area (Å²) in [6.07, 6.45) is -0.0433. The van der Waals surface area contributed by atoms with Crippen molar-refractivity contribution in [2.45, 2.75) is 13.0 Å². The van der Waals surface area contributed by atoms with Crippen LogP contribution in [0.15, 0.2) is 53.0 Å². The fraction of sp³-hybridized carbons (Fsp3) is 0.250. The van der Waals surface area contributed by atoms with Crippen molar-refractivity contribution in [2.75, 3.05) is 13.2 Å². The lowest BCUT2D eigenvalue weighted by Crippen LogP contribution is -2.33. The zero-order valence-corrected chi connectivity index (χ0v) is 13.4. The molecule has 1 fully saturated rings. The van der Waals surface area contributed by atoms with Gasteiger partial charge in [-0.2, -0.15) is 0 Å². The fourth-order valence-electron chi connectivity index (χ4n) is 2.23. The van der Waals surface area contributed by atoms with Gasteiger partial charge in [0.15, 0.2) is 0 Å². The van der Waals surface area contributed by atoms with Gasteiger partial charge in [-0.15, -0.1) is 0 Å². The largest absolute Gasteiger partial charge is 0.494 e. The topological polar surface area (TPSA) is 27.7 Å². The zero-order chi connectivity index (χ0) is 14.7. The van der Waals surface area contributed by atoms with Gasteiger partial charge in [0.1, 0.15) is 12.4 Å². The van der Waals surface area contributed by atoms with E-state index in [4.69, 9.17) is 14.0 Å². The Morgan fingerprint density at radius 2 is 1.95 bits per heavy atom. The van der Waals surface area contributed by atoms with Crippen LogP contribution in [-0.4, -0.2) is 26.4 Å². The van der Waals surface area contributed by atoms with E-state index in [1.54, 1.807) is 0 Å². The van der Waals surface area contributed by atoms with E-state index in [2.05, 4.69) is 15.9 Å². The number of para-hydroxylation sites is 1. The van der Waals surface area contributed by atoms with E-state index in [0.29, 0.717) is 13.2 Å². The standard InChI is InChI=1S/C16H16BBrO3/c1-12-4-2-3-5-16(12)19-10-15-11-20-17(21-15)13-6-8-14(18)9-7-13/h2-9,15H,10-11H2,1H3. The van der Waals surface area contributed by atoms with Gasteiger partial charge in [0, 0.05) is 4.47 Å². The Balaban J connectivity index is 1.55. The molecule has 1 unspecified atom stereocenters. The lowest BCUT2D eigenvalue weighted by molar-refractivity contribution is 0.147. The number of hydrogen-bond donors (Lipinski definition) is 0. The van der Waals surface area contributed by atoms with E-state index in [9.17, 15) is 0 Å². The number of rotatable bonds is 4. The number of ether oxygens (including phenoxy) is 1. The van der Waals surface area contributed by atoms with E-state index in [-0.39, 0.29) is 13.2 Å². The van der Waals surface area contributed by atoms with Crippen molar-refractivity contribution in [2.24, 2.45) is 0 Å². The third kappa shape index (κ3) is 3.67. The molecule has 3 nitrogen and oxygen atoms in total. The van der Waals surface area contributed by atoms with Crippen LogP contribution in [0, 0.1) is 6.92 Å². The molecule has 0 aliphatic carbocycles. The molecule has 2 aromatic carbocycles. The fourth-order valence-corrected chi connectivity index (χ4v) is 2.50. The van der Waals surface area contributed by atoms with Crippen molar-refractivity contribution in [1.82, 2.24) is 0 Å². The summed E-state index contributed by atoms with van der Waals surface area (Å²) in [5.74, 6) is 0.896. The van der Waals surface area contributed by atoms with Gasteiger partial charge in [-0.05, 0) is 36.1 Å². The number of aryl methyl sites for hydroxylation is 1. The van der Waals surface area contributed by atoms with Crippen molar-refractivity contribution in [3.05, 3.63) is 58.6 Å². The third-order valence-corrected chi connectivity index (χ3v) is 3.94. The summed E-state index contributed by atoms with van der Waals surface area (Å²) in [6.45, 7) is 3.08. The average Bonchev–Trinajstić information content (AvgIpc) is 2.96. The molecule has 1 atom stereocenters. The molecule has 108 valence electrons. The van der Waals surface area contributed by atoms with Gasteiger partial charge >= 0.3 is 7.12 Å². The molecular formula is C16H16BBrO3. The molecule has 0 radical (unpaired) electrons. The summed E-state index contributed by atoms with van der Waals surface area (Å²) in [7, 11) is -0.302. The predicted octanol–water partition coefficient (Wildman–Crippen LogP) is 2.95. The monoisotopic (exact) mass is 346 g/mol. The summed E-state index contributed by atoms with van der Waals surface area (Å²) >= 11 is 3.42. The smallest absolute Gasteiger partial charge is 0.491 e. The first-order valence-electron chi connectivity index (χ1n) is 6.93. The van der Waals surface area contributed by atoms with Crippen LogP contribution in [0.2, 0.25) is 0 Å². The van der Waals surface area contributed by atoms with E-state index in [0.717, 1.165) is 21.2 Å². The highest BCUT2D eigenvalue weighted by Crippen LogP contribution is 2.18. The van der Waals surface area contributed by atoms with Gasteiger partial charge in [0.2, 0.25) is 0 Å².